The molecule has 1 rings (SSSR count). The predicted molar refractivity (Wildman–Crippen MR) is 65.7 cm³/mol. The first-order valence-electron chi connectivity index (χ1n) is 5.58. The summed E-state index contributed by atoms with van der Waals surface area (Å²) in [4.78, 5) is 26.7. The Hall–Kier alpha value is -1.57. The van der Waals surface area contributed by atoms with Crippen molar-refractivity contribution < 1.29 is 23.5 Å². The van der Waals surface area contributed by atoms with Gasteiger partial charge in [-0.15, -0.1) is 11.3 Å². The first-order chi connectivity index (χ1) is 8.81. The van der Waals surface area contributed by atoms with E-state index >= 15 is 0 Å². The van der Waals surface area contributed by atoms with Crippen molar-refractivity contribution in [3.05, 3.63) is 16.1 Å². The summed E-state index contributed by atoms with van der Waals surface area (Å²) in [6.07, 6.45) is -2.40. The van der Waals surface area contributed by atoms with Gasteiger partial charge in [-0.1, -0.05) is 13.8 Å². The summed E-state index contributed by atoms with van der Waals surface area (Å²) >= 11 is 1.12. The van der Waals surface area contributed by atoms with Crippen LogP contribution in [-0.4, -0.2) is 34.4 Å². The van der Waals surface area contributed by atoms with Crippen molar-refractivity contribution in [2.24, 2.45) is 0 Å². The maximum Gasteiger partial charge on any atom is 0.326 e. The number of halogens is 2. The molecule has 0 aliphatic heterocycles. The van der Waals surface area contributed by atoms with E-state index in [1.807, 2.05) is 13.8 Å². The highest BCUT2D eigenvalue weighted by atomic mass is 32.1. The summed E-state index contributed by atoms with van der Waals surface area (Å²) in [5.41, 5.74) is 0. The molecular weight excluding hydrogens is 278 g/mol. The zero-order valence-corrected chi connectivity index (χ0v) is 11.2. The lowest BCUT2D eigenvalue weighted by molar-refractivity contribution is -0.140. The molecule has 1 unspecified atom stereocenters. The first kappa shape index (κ1) is 15.5. The molecule has 0 spiro atoms. The number of amides is 1. The maximum absolute atomic E-state index is 12.2. The van der Waals surface area contributed by atoms with Gasteiger partial charge < -0.3 is 10.4 Å². The molecule has 0 bridgehead atoms. The number of aromatic nitrogens is 1. The number of rotatable bonds is 6. The molecule has 1 aromatic rings. The number of nitrogens with zero attached hydrogens (tertiary/aromatic N) is 1. The molecule has 2 N–H and O–H groups in total. The van der Waals surface area contributed by atoms with Gasteiger partial charge >= 0.3 is 5.97 Å². The number of hydrogen-bond donors (Lipinski definition) is 2. The van der Waals surface area contributed by atoms with E-state index in [2.05, 4.69) is 10.3 Å². The fourth-order valence-electron chi connectivity index (χ4n) is 1.29. The van der Waals surface area contributed by atoms with E-state index in [0.29, 0.717) is 0 Å². The van der Waals surface area contributed by atoms with Gasteiger partial charge in [-0.3, -0.25) is 4.79 Å². The molecule has 0 radical (unpaired) electrons. The quantitative estimate of drug-likeness (QED) is 0.841. The van der Waals surface area contributed by atoms with Gasteiger partial charge in [0.1, 0.15) is 10.9 Å². The summed E-state index contributed by atoms with van der Waals surface area (Å²) in [5, 5.41) is 11.5. The number of carbonyl (C=O) groups is 2. The Morgan fingerprint density at radius 2 is 2.11 bits per heavy atom. The number of thiazole rings is 1. The zero-order valence-electron chi connectivity index (χ0n) is 10.4. The van der Waals surface area contributed by atoms with Crippen LogP contribution in [0.3, 0.4) is 0 Å². The van der Waals surface area contributed by atoms with Gasteiger partial charge in [0.15, 0.2) is 0 Å². The number of carbonyl (C=O) groups excluding carboxylic acids is 1. The number of hydrogen-bond acceptors (Lipinski definition) is 4. The second-order valence-electron chi connectivity index (χ2n) is 4.21. The highest BCUT2D eigenvalue weighted by molar-refractivity contribution is 7.13. The van der Waals surface area contributed by atoms with Crippen LogP contribution >= 0.6 is 11.3 Å². The Morgan fingerprint density at radius 1 is 1.47 bits per heavy atom. The van der Waals surface area contributed by atoms with Crippen LogP contribution in [-0.2, 0) is 4.79 Å². The van der Waals surface area contributed by atoms with Crippen molar-refractivity contribution in [1.29, 1.82) is 0 Å². The van der Waals surface area contributed by atoms with Crippen LogP contribution in [0.2, 0.25) is 0 Å². The Bertz CT molecular complexity index is 463. The summed E-state index contributed by atoms with van der Waals surface area (Å²) in [6.45, 7) is 3.80. The van der Waals surface area contributed by atoms with Crippen molar-refractivity contribution in [1.82, 2.24) is 10.3 Å². The lowest BCUT2D eigenvalue weighted by Crippen LogP contribution is -2.41. The Kier molecular flexibility index (Phi) is 5.34. The lowest BCUT2D eigenvalue weighted by atomic mass is 10.2. The summed E-state index contributed by atoms with van der Waals surface area (Å²) in [6, 6.07) is -1.60. The maximum atomic E-state index is 12.2. The third kappa shape index (κ3) is 4.55. The van der Waals surface area contributed by atoms with Crippen molar-refractivity contribution >= 4 is 23.2 Å². The average molecular weight is 292 g/mol. The topological polar surface area (TPSA) is 79.3 Å². The molecule has 1 heterocycles. The summed E-state index contributed by atoms with van der Waals surface area (Å²) < 4.78 is 24.4. The average Bonchev–Trinajstić information content (AvgIpc) is 2.76. The van der Waals surface area contributed by atoms with Gasteiger partial charge in [-0.25, -0.2) is 18.6 Å². The SMILES string of the molecule is CC(C)c1ncc(C(=O)NC(CC(F)F)C(=O)O)s1. The van der Waals surface area contributed by atoms with Gasteiger partial charge in [-0.05, 0) is 0 Å². The normalized spacial score (nSPS) is 12.7. The second kappa shape index (κ2) is 6.55. The number of alkyl halides is 2. The lowest BCUT2D eigenvalue weighted by Gasteiger charge is -2.12. The van der Waals surface area contributed by atoms with Crippen molar-refractivity contribution in [2.75, 3.05) is 0 Å². The minimum Gasteiger partial charge on any atom is -0.480 e. The Morgan fingerprint density at radius 3 is 2.53 bits per heavy atom. The Labute approximate surface area is 112 Å². The highest BCUT2D eigenvalue weighted by Gasteiger charge is 2.25. The van der Waals surface area contributed by atoms with Gasteiger partial charge in [-0.2, -0.15) is 0 Å². The smallest absolute Gasteiger partial charge is 0.326 e. The third-order valence-electron chi connectivity index (χ3n) is 2.26. The van der Waals surface area contributed by atoms with Crippen molar-refractivity contribution in [3.8, 4) is 0 Å². The first-order valence-corrected chi connectivity index (χ1v) is 6.40. The molecular formula is C11H14F2N2O3S. The van der Waals surface area contributed by atoms with E-state index in [1.54, 1.807) is 0 Å². The van der Waals surface area contributed by atoms with E-state index in [9.17, 15) is 18.4 Å². The molecule has 0 aliphatic carbocycles. The van der Waals surface area contributed by atoms with Crippen LogP contribution in [0, 0.1) is 0 Å². The molecule has 0 saturated carbocycles. The van der Waals surface area contributed by atoms with Crippen LogP contribution in [0.5, 0.6) is 0 Å². The number of carboxylic acid groups (broad SMARTS) is 1. The van der Waals surface area contributed by atoms with Crippen LogP contribution in [0.25, 0.3) is 0 Å². The van der Waals surface area contributed by atoms with E-state index in [0.717, 1.165) is 16.3 Å². The predicted octanol–water partition coefficient (Wildman–Crippen LogP) is 2.10. The molecule has 106 valence electrons. The molecule has 0 aliphatic rings. The standard InChI is InChI=1S/C11H14F2N2O3S/c1-5(2)10-14-4-7(19-10)9(16)15-6(11(17)18)3-8(12)13/h4-6,8H,3H2,1-2H3,(H,15,16)(H,17,18). The molecule has 1 aromatic heterocycles. The van der Waals surface area contributed by atoms with Gasteiger partial charge in [0.05, 0.1) is 11.2 Å². The molecule has 1 atom stereocenters. The van der Waals surface area contributed by atoms with Gasteiger partial charge in [0, 0.05) is 12.3 Å². The van der Waals surface area contributed by atoms with Crippen LogP contribution < -0.4 is 5.32 Å². The summed E-state index contributed by atoms with van der Waals surface area (Å²) in [7, 11) is 0. The zero-order chi connectivity index (χ0) is 14.6. The largest absolute Gasteiger partial charge is 0.480 e. The fraction of sp³-hybridized carbons (Fsp3) is 0.545. The van der Waals surface area contributed by atoms with Crippen LogP contribution in [0.1, 0.15) is 40.9 Å². The number of aliphatic carboxylic acids is 1. The molecule has 0 saturated heterocycles. The molecule has 0 aromatic carbocycles. The minimum absolute atomic E-state index is 0.142. The molecule has 0 fully saturated rings. The molecule has 5 nitrogen and oxygen atoms in total. The molecule has 1 amide bonds. The third-order valence-corrected chi connectivity index (χ3v) is 3.56. The molecule has 8 heteroatoms. The van der Waals surface area contributed by atoms with E-state index in [4.69, 9.17) is 5.11 Å². The van der Waals surface area contributed by atoms with E-state index in [-0.39, 0.29) is 10.8 Å². The van der Waals surface area contributed by atoms with Gasteiger partial charge in [0.2, 0.25) is 6.43 Å². The van der Waals surface area contributed by atoms with E-state index < -0.39 is 30.8 Å². The van der Waals surface area contributed by atoms with E-state index in [1.165, 1.54) is 6.20 Å². The van der Waals surface area contributed by atoms with Gasteiger partial charge in [0.25, 0.3) is 5.91 Å². The summed E-state index contributed by atoms with van der Waals surface area (Å²) in [5.74, 6) is -2.04. The fourth-order valence-corrected chi connectivity index (χ4v) is 2.11. The Balaban J connectivity index is 2.73. The van der Waals surface area contributed by atoms with Crippen molar-refractivity contribution in [3.63, 3.8) is 0 Å². The van der Waals surface area contributed by atoms with Crippen molar-refractivity contribution in [2.45, 2.75) is 38.7 Å². The highest BCUT2D eigenvalue weighted by Crippen LogP contribution is 2.21. The minimum atomic E-state index is -2.80. The monoisotopic (exact) mass is 292 g/mol. The second-order valence-corrected chi connectivity index (χ2v) is 5.27. The molecule has 19 heavy (non-hydrogen) atoms. The number of carboxylic acids is 1. The van der Waals surface area contributed by atoms with Crippen LogP contribution in [0.4, 0.5) is 8.78 Å². The van der Waals surface area contributed by atoms with Crippen LogP contribution in [0.15, 0.2) is 6.20 Å². The number of nitrogens with one attached hydrogen (secondary N) is 1.